The number of nitrogens with one attached hydrogen (secondary N) is 1. The molecule has 1 aliphatic rings. The molecule has 1 saturated carbocycles. The van der Waals surface area contributed by atoms with Crippen molar-refractivity contribution < 1.29 is 9.60 Å². The second-order valence-electron chi connectivity index (χ2n) is 5.70. The lowest BCUT2D eigenvalue weighted by molar-refractivity contribution is 0.318. The Bertz CT molecular complexity index is 490. The fraction of sp³-hybridized carbons (Fsp3) is 0.533. The van der Waals surface area contributed by atoms with Crippen molar-refractivity contribution in [3.63, 3.8) is 0 Å². The Morgan fingerprint density at radius 2 is 2.30 bits per heavy atom. The summed E-state index contributed by atoms with van der Waals surface area (Å²) in [5, 5.41) is 15.1. The summed E-state index contributed by atoms with van der Waals surface area (Å²) in [6, 6.07) is 4.36. The average molecular weight is 279 g/mol. The highest BCUT2D eigenvalue weighted by molar-refractivity contribution is 5.98. The first-order valence-electron chi connectivity index (χ1n) is 7.07. The van der Waals surface area contributed by atoms with Crippen molar-refractivity contribution >= 4 is 5.84 Å². The molecular weight excluding hydrogens is 257 g/mol. The van der Waals surface area contributed by atoms with E-state index < -0.39 is 0 Å². The molecule has 1 fully saturated rings. The Hall–Kier alpha value is -1.62. The van der Waals surface area contributed by atoms with Crippen LogP contribution in [0.1, 0.15) is 37.3 Å². The molecule has 0 radical (unpaired) electrons. The second kappa shape index (κ2) is 6.70. The van der Waals surface area contributed by atoms with Gasteiger partial charge in [-0.1, -0.05) is 24.6 Å². The maximum atomic E-state index is 13.2. The van der Waals surface area contributed by atoms with Gasteiger partial charge in [0.15, 0.2) is 5.84 Å². The number of hydrogen-bond donors (Lipinski definition) is 3. The third-order valence-corrected chi connectivity index (χ3v) is 4.01. The smallest absolute Gasteiger partial charge is 0.170 e. The first-order chi connectivity index (χ1) is 9.60. The minimum absolute atomic E-state index is 0.0595. The van der Waals surface area contributed by atoms with Crippen LogP contribution in [-0.2, 0) is 6.54 Å². The van der Waals surface area contributed by atoms with Crippen molar-refractivity contribution in [3.8, 4) is 0 Å². The molecule has 1 aliphatic carbocycles. The van der Waals surface area contributed by atoms with Gasteiger partial charge >= 0.3 is 0 Å². The summed E-state index contributed by atoms with van der Waals surface area (Å²) >= 11 is 0. The van der Waals surface area contributed by atoms with Crippen molar-refractivity contribution in [3.05, 3.63) is 35.1 Å². The van der Waals surface area contributed by atoms with Gasteiger partial charge in [0.25, 0.3) is 0 Å². The van der Waals surface area contributed by atoms with Crippen molar-refractivity contribution in [1.82, 2.24) is 5.32 Å². The van der Waals surface area contributed by atoms with Crippen molar-refractivity contribution in [1.29, 1.82) is 0 Å². The largest absolute Gasteiger partial charge is 0.409 e. The van der Waals surface area contributed by atoms with Gasteiger partial charge < -0.3 is 16.3 Å². The number of amidine groups is 1. The molecule has 0 heterocycles. The maximum Gasteiger partial charge on any atom is 0.170 e. The van der Waals surface area contributed by atoms with Gasteiger partial charge in [-0.3, -0.25) is 0 Å². The minimum Gasteiger partial charge on any atom is -0.409 e. The number of rotatable bonds is 5. The van der Waals surface area contributed by atoms with Gasteiger partial charge in [0.05, 0.1) is 0 Å². The predicted molar refractivity (Wildman–Crippen MR) is 77.1 cm³/mol. The van der Waals surface area contributed by atoms with E-state index in [0.717, 1.165) is 23.9 Å². The molecule has 4 N–H and O–H groups in total. The number of oxime groups is 1. The molecule has 1 aromatic carbocycles. The van der Waals surface area contributed by atoms with E-state index in [9.17, 15) is 4.39 Å². The number of benzene rings is 1. The Labute approximate surface area is 118 Å². The molecule has 2 atom stereocenters. The molecule has 0 amide bonds. The van der Waals surface area contributed by atoms with Crippen molar-refractivity contribution in [2.45, 2.75) is 32.7 Å². The molecule has 2 rings (SSSR count). The average Bonchev–Trinajstić information content (AvgIpc) is 2.85. The molecule has 0 bridgehead atoms. The van der Waals surface area contributed by atoms with Crippen LogP contribution in [0.3, 0.4) is 0 Å². The first kappa shape index (κ1) is 14.8. The zero-order chi connectivity index (χ0) is 14.5. The summed E-state index contributed by atoms with van der Waals surface area (Å²) in [4.78, 5) is 0. The molecule has 4 nitrogen and oxygen atoms in total. The molecule has 5 heteroatoms. The molecular formula is C15H22FN3O. The minimum atomic E-state index is -0.389. The molecule has 2 unspecified atom stereocenters. The number of nitrogens with two attached hydrogens (primary N) is 1. The fourth-order valence-corrected chi connectivity index (χ4v) is 2.92. The van der Waals surface area contributed by atoms with Crippen molar-refractivity contribution in [2.24, 2.45) is 22.7 Å². The van der Waals surface area contributed by atoms with Gasteiger partial charge in [0.1, 0.15) is 5.82 Å². The predicted octanol–water partition coefficient (Wildman–Crippen LogP) is 2.45. The van der Waals surface area contributed by atoms with E-state index in [1.807, 2.05) is 0 Å². The Balaban J connectivity index is 1.95. The molecule has 1 aromatic rings. The van der Waals surface area contributed by atoms with E-state index in [4.69, 9.17) is 10.9 Å². The van der Waals surface area contributed by atoms with Gasteiger partial charge in [0.2, 0.25) is 0 Å². The van der Waals surface area contributed by atoms with Gasteiger partial charge in [-0.05, 0) is 48.9 Å². The lowest BCUT2D eigenvalue weighted by Gasteiger charge is -2.13. The van der Waals surface area contributed by atoms with Crippen LogP contribution in [0.5, 0.6) is 0 Å². The highest BCUT2D eigenvalue weighted by Gasteiger charge is 2.20. The highest BCUT2D eigenvalue weighted by atomic mass is 19.1. The number of halogens is 1. The topological polar surface area (TPSA) is 70.6 Å². The van der Waals surface area contributed by atoms with Crippen LogP contribution in [0.4, 0.5) is 4.39 Å². The number of nitrogens with zero attached hydrogens (tertiary/aromatic N) is 1. The van der Waals surface area contributed by atoms with E-state index in [0.29, 0.717) is 12.1 Å². The van der Waals surface area contributed by atoms with Gasteiger partial charge in [-0.25, -0.2) is 4.39 Å². The van der Waals surface area contributed by atoms with Gasteiger partial charge in [-0.15, -0.1) is 0 Å². The first-order valence-corrected chi connectivity index (χ1v) is 7.07. The molecule has 0 aliphatic heterocycles. The lowest BCUT2D eigenvalue weighted by Crippen LogP contribution is -2.24. The summed E-state index contributed by atoms with van der Waals surface area (Å²) in [5.41, 5.74) is 6.87. The van der Waals surface area contributed by atoms with Crippen LogP contribution in [0.2, 0.25) is 0 Å². The SMILES string of the molecule is CC1CCC(CNCc2ccc(F)cc2/C(N)=N/O)C1. The van der Waals surface area contributed by atoms with Crippen LogP contribution in [0.25, 0.3) is 0 Å². The summed E-state index contributed by atoms with van der Waals surface area (Å²) in [5.74, 6) is 1.09. The van der Waals surface area contributed by atoms with E-state index in [-0.39, 0.29) is 11.7 Å². The molecule has 20 heavy (non-hydrogen) atoms. The van der Waals surface area contributed by atoms with Crippen LogP contribution in [0.15, 0.2) is 23.4 Å². The third kappa shape index (κ3) is 3.70. The maximum absolute atomic E-state index is 13.2. The van der Waals surface area contributed by atoms with E-state index in [2.05, 4.69) is 17.4 Å². The van der Waals surface area contributed by atoms with E-state index in [1.165, 1.54) is 31.4 Å². The molecule has 0 spiro atoms. The third-order valence-electron chi connectivity index (χ3n) is 4.01. The van der Waals surface area contributed by atoms with Crippen LogP contribution >= 0.6 is 0 Å². The number of hydrogen-bond acceptors (Lipinski definition) is 3. The van der Waals surface area contributed by atoms with Crippen LogP contribution in [-0.4, -0.2) is 17.6 Å². The molecule has 0 saturated heterocycles. The Kier molecular flexibility index (Phi) is 4.95. The van der Waals surface area contributed by atoms with Crippen LogP contribution in [0, 0.1) is 17.7 Å². The van der Waals surface area contributed by atoms with E-state index in [1.54, 1.807) is 6.07 Å². The van der Waals surface area contributed by atoms with Gasteiger partial charge in [0, 0.05) is 12.1 Å². The second-order valence-corrected chi connectivity index (χ2v) is 5.70. The molecule has 0 aromatic heterocycles. The lowest BCUT2D eigenvalue weighted by atomic mass is 10.0. The normalized spacial score (nSPS) is 23.2. The summed E-state index contributed by atoms with van der Waals surface area (Å²) in [6.07, 6.45) is 3.84. The summed E-state index contributed by atoms with van der Waals surface area (Å²) in [6.45, 7) is 3.84. The van der Waals surface area contributed by atoms with Crippen molar-refractivity contribution in [2.75, 3.05) is 6.54 Å². The quantitative estimate of drug-likeness (QED) is 0.335. The Morgan fingerprint density at radius 1 is 1.50 bits per heavy atom. The van der Waals surface area contributed by atoms with Crippen LogP contribution < -0.4 is 11.1 Å². The standard InChI is InChI=1S/C15H22FN3O/c1-10-2-3-11(6-10)8-18-9-12-4-5-13(16)7-14(12)15(17)19-20/h4-5,7,10-11,18,20H,2-3,6,8-9H2,1H3,(H2,17,19). The van der Waals surface area contributed by atoms with Gasteiger partial charge in [-0.2, -0.15) is 0 Å². The zero-order valence-corrected chi connectivity index (χ0v) is 11.8. The molecule has 110 valence electrons. The highest BCUT2D eigenvalue weighted by Crippen LogP contribution is 2.29. The summed E-state index contributed by atoms with van der Waals surface area (Å²) in [7, 11) is 0. The monoisotopic (exact) mass is 279 g/mol. The fourth-order valence-electron chi connectivity index (χ4n) is 2.92. The zero-order valence-electron chi connectivity index (χ0n) is 11.8. The summed E-state index contributed by atoms with van der Waals surface area (Å²) < 4.78 is 13.2. The van der Waals surface area contributed by atoms with E-state index >= 15 is 0 Å². The Morgan fingerprint density at radius 3 is 2.95 bits per heavy atom.